The fraction of sp³-hybridized carbons (Fsp3) is 0.286. The number of benzene rings is 2. The first kappa shape index (κ1) is 20.2. The summed E-state index contributed by atoms with van der Waals surface area (Å²) in [7, 11) is 0. The highest BCUT2D eigenvalue weighted by molar-refractivity contribution is 5.85. The average molecular weight is 371 g/mol. The van der Waals surface area contributed by atoms with E-state index >= 15 is 0 Å². The first-order valence-corrected chi connectivity index (χ1v) is 8.85. The Morgan fingerprint density at radius 3 is 2.15 bits per heavy atom. The molecular formula is C21H27ClN4. The lowest BCUT2D eigenvalue weighted by Crippen LogP contribution is -2.30. The van der Waals surface area contributed by atoms with Gasteiger partial charge in [0.25, 0.3) is 0 Å². The predicted octanol–water partition coefficient (Wildman–Crippen LogP) is 3.36. The smallest absolute Gasteiger partial charge is 0.0659 e. The van der Waals surface area contributed by atoms with Gasteiger partial charge in [0.05, 0.1) is 12.7 Å². The van der Waals surface area contributed by atoms with E-state index in [1.54, 1.807) is 0 Å². The zero-order valence-corrected chi connectivity index (χ0v) is 15.8. The third-order valence-corrected chi connectivity index (χ3v) is 4.29. The molecule has 0 aliphatic rings. The molecule has 2 aromatic carbocycles. The van der Waals surface area contributed by atoms with Crippen molar-refractivity contribution in [3.63, 3.8) is 0 Å². The summed E-state index contributed by atoms with van der Waals surface area (Å²) in [6.45, 7) is 4.27. The molecule has 3 aromatic rings. The highest BCUT2D eigenvalue weighted by Crippen LogP contribution is 2.08. The molecule has 1 aromatic heterocycles. The normalized spacial score (nSPS) is 10.7. The van der Waals surface area contributed by atoms with Gasteiger partial charge in [0, 0.05) is 37.9 Å². The van der Waals surface area contributed by atoms with Crippen molar-refractivity contribution < 1.29 is 0 Å². The van der Waals surface area contributed by atoms with Crippen LogP contribution in [0.15, 0.2) is 73.1 Å². The summed E-state index contributed by atoms with van der Waals surface area (Å²) in [6.07, 6.45) is 5.15. The minimum absolute atomic E-state index is 0. The predicted molar refractivity (Wildman–Crippen MR) is 109 cm³/mol. The van der Waals surface area contributed by atoms with Crippen LogP contribution in [0.2, 0.25) is 0 Å². The SMILES string of the molecule is Cl.NCCN(CCc1ccccc1)Cc1cnn(Cc2ccccc2)c1. The van der Waals surface area contributed by atoms with Gasteiger partial charge in [-0.3, -0.25) is 9.58 Å². The maximum absolute atomic E-state index is 5.80. The second-order valence-corrected chi connectivity index (χ2v) is 6.33. The zero-order valence-electron chi connectivity index (χ0n) is 15.0. The summed E-state index contributed by atoms with van der Waals surface area (Å²) in [5.41, 5.74) is 9.66. The molecule has 0 spiro atoms. The van der Waals surface area contributed by atoms with E-state index in [0.717, 1.165) is 32.6 Å². The van der Waals surface area contributed by atoms with Crippen LogP contribution in [0, 0.1) is 0 Å². The van der Waals surface area contributed by atoms with Gasteiger partial charge in [-0.1, -0.05) is 60.7 Å². The molecule has 0 bridgehead atoms. The molecule has 2 N–H and O–H groups in total. The monoisotopic (exact) mass is 370 g/mol. The molecule has 0 unspecified atom stereocenters. The standard InChI is InChI=1S/C21H26N4.ClH/c22-12-14-24(13-11-19-7-3-1-4-8-19)16-21-15-23-25(18-21)17-20-9-5-2-6-10-20;/h1-10,15,18H,11-14,16-17,22H2;1H. The molecule has 0 fully saturated rings. The molecule has 0 saturated carbocycles. The Morgan fingerprint density at radius 1 is 0.846 bits per heavy atom. The van der Waals surface area contributed by atoms with Gasteiger partial charge in [-0.05, 0) is 17.5 Å². The van der Waals surface area contributed by atoms with Crippen molar-refractivity contribution in [2.24, 2.45) is 5.73 Å². The van der Waals surface area contributed by atoms with Gasteiger partial charge in [-0.15, -0.1) is 12.4 Å². The summed E-state index contributed by atoms with van der Waals surface area (Å²) >= 11 is 0. The van der Waals surface area contributed by atoms with Gasteiger partial charge in [0.15, 0.2) is 0 Å². The fourth-order valence-electron chi connectivity index (χ4n) is 2.99. The first-order valence-electron chi connectivity index (χ1n) is 8.85. The van der Waals surface area contributed by atoms with E-state index in [4.69, 9.17) is 5.73 Å². The van der Waals surface area contributed by atoms with Crippen LogP contribution in [-0.4, -0.2) is 34.3 Å². The van der Waals surface area contributed by atoms with Crippen LogP contribution in [0.25, 0.3) is 0 Å². The lowest BCUT2D eigenvalue weighted by Gasteiger charge is -2.20. The third-order valence-electron chi connectivity index (χ3n) is 4.29. The Balaban J connectivity index is 0.00000243. The van der Waals surface area contributed by atoms with Crippen molar-refractivity contribution in [3.05, 3.63) is 89.7 Å². The van der Waals surface area contributed by atoms with Gasteiger partial charge in [0.1, 0.15) is 0 Å². The van der Waals surface area contributed by atoms with E-state index < -0.39 is 0 Å². The molecule has 26 heavy (non-hydrogen) atoms. The van der Waals surface area contributed by atoms with Crippen LogP contribution >= 0.6 is 12.4 Å². The lowest BCUT2D eigenvalue weighted by atomic mass is 10.1. The van der Waals surface area contributed by atoms with Crippen LogP contribution in [0.5, 0.6) is 0 Å². The van der Waals surface area contributed by atoms with E-state index in [1.807, 2.05) is 16.9 Å². The molecule has 138 valence electrons. The zero-order chi connectivity index (χ0) is 17.3. The Bertz CT molecular complexity index is 743. The van der Waals surface area contributed by atoms with Crippen molar-refractivity contribution in [1.29, 1.82) is 0 Å². The van der Waals surface area contributed by atoms with Crippen LogP contribution in [0.4, 0.5) is 0 Å². The Kier molecular flexibility index (Phi) is 8.35. The molecule has 0 amide bonds. The molecule has 0 aliphatic heterocycles. The molecule has 3 rings (SSSR count). The van der Waals surface area contributed by atoms with E-state index in [2.05, 4.69) is 70.8 Å². The Labute approximate surface area is 162 Å². The first-order chi connectivity index (χ1) is 12.3. The summed E-state index contributed by atoms with van der Waals surface area (Å²) in [5, 5.41) is 4.50. The lowest BCUT2D eigenvalue weighted by molar-refractivity contribution is 0.276. The fourth-order valence-corrected chi connectivity index (χ4v) is 2.99. The van der Waals surface area contributed by atoms with Gasteiger partial charge < -0.3 is 5.73 Å². The molecular weight excluding hydrogens is 344 g/mol. The van der Waals surface area contributed by atoms with E-state index in [0.29, 0.717) is 6.54 Å². The number of halogens is 1. The minimum Gasteiger partial charge on any atom is -0.329 e. The van der Waals surface area contributed by atoms with Crippen molar-refractivity contribution >= 4 is 12.4 Å². The molecule has 4 nitrogen and oxygen atoms in total. The molecule has 0 aliphatic carbocycles. The van der Waals surface area contributed by atoms with Crippen LogP contribution in [0.1, 0.15) is 16.7 Å². The number of hydrogen-bond acceptors (Lipinski definition) is 3. The van der Waals surface area contributed by atoms with Crippen LogP contribution in [0.3, 0.4) is 0 Å². The van der Waals surface area contributed by atoms with E-state index in [9.17, 15) is 0 Å². The van der Waals surface area contributed by atoms with Gasteiger partial charge in [0.2, 0.25) is 0 Å². The second-order valence-electron chi connectivity index (χ2n) is 6.33. The van der Waals surface area contributed by atoms with E-state index in [1.165, 1.54) is 16.7 Å². The number of hydrogen-bond donors (Lipinski definition) is 1. The van der Waals surface area contributed by atoms with Crippen LogP contribution in [-0.2, 0) is 19.5 Å². The molecule has 0 saturated heterocycles. The number of nitrogens with two attached hydrogens (primary N) is 1. The van der Waals surface area contributed by atoms with Crippen LogP contribution < -0.4 is 5.73 Å². The van der Waals surface area contributed by atoms with Crippen molar-refractivity contribution in [2.45, 2.75) is 19.5 Å². The van der Waals surface area contributed by atoms with Gasteiger partial charge in [-0.2, -0.15) is 5.10 Å². The van der Waals surface area contributed by atoms with Crippen molar-refractivity contribution in [2.75, 3.05) is 19.6 Å². The summed E-state index contributed by atoms with van der Waals surface area (Å²) in [6, 6.07) is 21.0. The second kappa shape index (κ2) is 10.8. The quantitative estimate of drug-likeness (QED) is 0.628. The largest absolute Gasteiger partial charge is 0.329 e. The number of nitrogens with zero attached hydrogens (tertiary/aromatic N) is 3. The third kappa shape index (κ3) is 6.30. The number of aromatic nitrogens is 2. The topological polar surface area (TPSA) is 47.1 Å². The van der Waals surface area contributed by atoms with Crippen molar-refractivity contribution in [1.82, 2.24) is 14.7 Å². The highest BCUT2D eigenvalue weighted by atomic mass is 35.5. The summed E-state index contributed by atoms with van der Waals surface area (Å²) in [5.74, 6) is 0. The Morgan fingerprint density at radius 2 is 1.50 bits per heavy atom. The molecule has 0 atom stereocenters. The molecule has 1 heterocycles. The summed E-state index contributed by atoms with van der Waals surface area (Å²) < 4.78 is 2.00. The van der Waals surface area contributed by atoms with Gasteiger partial charge in [-0.25, -0.2) is 0 Å². The van der Waals surface area contributed by atoms with Crippen molar-refractivity contribution in [3.8, 4) is 0 Å². The highest BCUT2D eigenvalue weighted by Gasteiger charge is 2.08. The van der Waals surface area contributed by atoms with E-state index in [-0.39, 0.29) is 12.4 Å². The minimum atomic E-state index is 0. The Hall–Kier alpha value is -2.14. The average Bonchev–Trinajstić information content (AvgIpc) is 3.08. The molecule has 0 radical (unpaired) electrons. The summed E-state index contributed by atoms with van der Waals surface area (Å²) in [4.78, 5) is 2.40. The maximum Gasteiger partial charge on any atom is 0.0659 e. The maximum atomic E-state index is 5.80. The number of rotatable bonds is 9. The molecule has 5 heteroatoms. The van der Waals surface area contributed by atoms with Gasteiger partial charge >= 0.3 is 0 Å².